The highest BCUT2D eigenvalue weighted by atomic mass is 28.4. The molecule has 20 heavy (non-hydrogen) atoms. The molecule has 0 aromatic carbocycles. The van der Waals surface area contributed by atoms with Gasteiger partial charge in [0.1, 0.15) is 0 Å². The predicted octanol–water partition coefficient (Wildman–Crippen LogP) is 4.11. The number of rotatable bonds is 8. The van der Waals surface area contributed by atoms with Crippen molar-refractivity contribution in [3.63, 3.8) is 0 Å². The van der Waals surface area contributed by atoms with Crippen LogP contribution in [0.2, 0.25) is 6.04 Å². The zero-order valence-electron chi connectivity index (χ0n) is 13.9. The molecule has 118 valence electrons. The van der Waals surface area contributed by atoms with Crippen molar-refractivity contribution in [1.82, 2.24) is 0 Å². The third-order valence-corrected chi connectivity index (χ3v) is 8.80. The molecule has 0 radical (unpaired) electrons. The highest BCUT2D eigenvalue weighted by Crippen LogP contribution is 2.61. The third-order valence-electron chi connectivity index (χ3n) is 5.54. The van der Waals surface area contributed by atoms with Gasteiger partial charge in [-0.05, 0) is 63.2 Å². The summed E-state index contributed by atoms with van der Waals surface area (Å²) in [5.74, 6) is 2.55. The van der Waals surface area contributed by atoms with Gasteiger partial charge in [-0.3, -0.25) is 0 Å². The highest BCUT2D eigenvalue weighted by Gasteiger charge is 2.55. The van der Waals surface area contributed by atoms with Gasteiger partial charge in [0.25, 0.3) is 0 Å². The average molecular weight is 301 g/mol. The van der Waals surface area contributed by atoms with Gasteiger partial charge in [0.05, 0.1) is 0 Å². The van der Waals surface area contributed by atoms with Gasteiger partial charge >= 0.3 is 8.80 Å². The first kappa shape index (κ1) is 16.5. The van der Waals surface area contributed by atoms with Crippen molar-refractivity contribution in [2.45, 2.75) is 59.9 Å². The second-order valence-electron chi connectivity index (χ2n) is 6.97. The minimum Gasteiger partial charge on any atom is -0.374 e. The van der Waals surface area contributed by atoms with Gasteiger partial charge in [0.2, 0.25) is 0 Å². The summed E-state index contributed by atoms with van der Waals surface area (Å²) in [7, 11) is -2.44. The Morgan fingerprint density at radius 3 is 1.65 bits per heavy atom. The Labute approximate surface area is 125 Å². The Bertz CT molecular complexity index is 288. The molecule has 0 amide bonds. The Morgan fingerprint density at radius 1 is 0.850 bits per heavy atom. The lowest BCUT2D eigenvalue weighted by atomic mass is 9.47. The standard InChI is InChI=1S/C16H32O3Si/c1-6-17-20(18-7-2,19-8-3)12-13-9-14-11-15(10-13)16(14,4)5/h13-15H,6-12H2,1-5H3. The Hall–Kier alpha value is 0.0969. The van der Waals surface area contributed by atoms with E-state index in [1.807, 2.05) is 20.8 Å². The highest BCUT2D eigenvalue weighted by molar-refractivity contribution is 6.60. The Kier molecular flexibility index (Phi) is 5.33. The molecule has 4 heteroatoms. The molecule has 3 aliphatic rings. The number of hydrogen-bond acceptors (Lipinski definition) is 3. The van der Waals surface area contributed by atoms with Crippen LogP contribution in [-0.4, -0.2) is 28.6 Å². The van der Waals surface area contributed by atoms with Gasteiger partial charge in [-0.15, -0.1) is 0 Å². The maximum atomic E-state index is 6.01. The van der Waals surface area contributed by atoms with E-state index in [2.05, 4.69) is 13.8 Å². The smallest absolute Gasteiger partial charge is 0.374 e. The van der Waals surface area contributed by atoms with E-state index in [0.717, 1.165) is 23.8 Å². The van der Waals surface area contributed by atoms with Crippen LogP contribution >= 0.6 is 0 Å². The third kappa shape index (κ3) is 3.13. The summed E-state index contributed by atoms with van der Waals surface area (Å²) in [6.07, 6.45) is 4.12. The van der Waals surface area contributed by atoms with E-state index in [4.69, 9.17) is 13.3 Å². The van der Waals surface area contributed by atoms with Gasteiger partial charge in [-0.25, -0.2) is 0 Å². The molecule has 0 aromatic rings. The van der Waals surface area contributed by atoms with Crippen LogP contribution in [0.3, 0.4) is 0 Å². The van der Waals surface area contributed by atoms with E-state index >= 15 is 0 Å². The lowest BCUT2D eigenvalue weighted by molar-refractivity contribution is -0.0894. The lowest BCUT2D eigenvalue weighted by Crippen LogP contribution is -2.54. The van der Waals surface area contributed by atoms with E-state index in [1.54, 1.807) is 0 Å². The first-order chi connectivity index (χ1) is 9.47. The largest absolute Gasteiger partial charge is 0.501 e. The van der Waals surface area contributed by atoms with Crippen molar-refractivity contribution in [3.8, 4) is 0 Å². The normalized spacial score (nSPS) is 31.9. The Morgan fingerprint density at radius 2 is 1.30 bits per heavy atom. The van der Waals surface area contributed by atoms with Crippen molar-refractivity contribution >= 4 is 8.80 Å². The van der Waals surface area contributed by atoms with E-state index in [-0.39, 0.29) is 0 Å². The van der Waals surface area contributed by atoms with E-state index in [1.165, 1.54) is 19.3 Å². The fourth-order valence-electron chi connectivity index (χ4n) is 4.31. The first-order valence-electron chi connectivity index (χ1n) is 8.39. The predicted molar refractivity (Wildman–Crippen MR) is 83.5 cm³/mol. The minimum absolute atomic E-state index is 0.573. The van der Waals surface area contributed by atoms with Crippen molar-refractivity contribution in [2.75, 3.05) is 19.8 Å². The Balaban J connectivity index is 1.98. The molecule has 0 aromatic heterocycles. The minimum atomic E-state index is -2.44. The number of fused-ring (bicyclic) bond motifs is 2. The van der Waals surface area contributed by atoms with Crippen molar-refractivity contribution in [3.05, 3.63) is 0 Å². The summed E-state index contributed by atoms with van der Waals surface area (Å²) in [5.41, 5.74) is 0.573. The van der Waals surface area contributed by atoms with Crippen molar-refractivity contribution < 1.29 is 13.3 Å². The molecule has 0 N–H and O–H groups in total. The molecule has 3 nitrogen and oxygen atoms in total. The van der Waals surface area contributed by atoms with Crippen molar-refractivity contribution in [2.24, 2.45) is 23.2 Å². The fraction of sp³-hybridized carbons (Fsp3) is 1.00. The van der Waals surface area contributed by atoms with Gasteiger partial charge in [0.15, 0.2) is 0 Å². The van der Waals surface area contributed by atoms with E-state index < -0.39 is 8.80 Å². The fourth-order valence-corrected chi connectivity index (χ4v) is 7.27. The molecule has 3 fully saturated rings. The molecule has 3 aliphatic carbocycles. The average Bonchev–Trinajstić information content (AvgIpc) is 2.39. The molecule has 3 saturated carbocycles. The van der Waals surface area contributed by atoms with Crippen LogP contribution in [0.15, 0.2) is 0 Å². The van der Waals surface area contributed by atoms with E-state index in [9.17, 15) is 0 Å². The van der Waals surface area contributed by atoms with Crippen LogP contribution in [0, 0.1) is 23.2 Å². The quantitative estimate of drug-likeness (QED) is 0.631. The van der Waals surface area contributed by atoms with E-state index in [0.29, 0.717) is 25.2 Å². The maximum absolute atomic E-state index is 6.01. The molecular formula is C16H32O3Si. The SMILES string of the molecule is CCO[Si](CC1CC2CC(C1)C2(C)C)(OCC)OCC. The summed E-state index contributed by atoms with van der Waals surface area (Å²) in [4.78, 5) is 0. The maximum Gasteiger partial charge on any atom is 0.501 e. The topological polar surface area (TPSA) is 27.7 Å². The molecule has 3 rings (SSSR count). The van der Waals surface area contributed by atoms with Gasteiger partial charge in [-0.2, -0.15) is 0 Å². The van der Waals surface area contributed by atoms with Crippen LogP contribution in [0.25, 0.3) is 0 Å². The molecule has 0 saturated heterocycles. The molecule has 0 aliphatic heterocycles. The van der Waals surface area contributed by atoms with Crippen molar-refractivity contribution in [1.29, 1.82) is 0 Å². The van der Waals surface area contributed by atoms with Gasteiger partial charge < -0.3 is 13.3 Å². The molecular weight excluding hydrogens is 268 g/mol. The second kappa shape index (κ2) is 6.47. The summed E-state index contributed by atoms with van der Waals surface area (Å²) >= 11 is 0. The second-order valence-corrected chi connectivity index (χ2v) is 9.61. The van der Waals surface area contributed by atoms with Gasteiger partial charge in [0, 0.05) is 25.9 Å². The summed E-state index contributed by atoms with van der Waals surface area (Å²) in [6, 6.07) is 1.02. The number of hydrogen-bond donors (Lipinski definition) is 0. The summed E-state index contributed by atoms with van der Waals surface area (Å²) in [5, 5.41) is 0. The molecule has 0 heterocycles. The van der Waals surface area contributed by atoms with Crippen LogP contribution in [-0.2, 0) is 13.3 Å². The molecule has 2 bridgehead atoms. The lowest BCUT2D eigenvalue weighted by Gasteiger charge is -2.59. The monoisotopic (exact) mass is 300 g/mol. The molecule has 0 spiro atoms. The molecule has 2 unspecified atom stereocenters. The molecule has 2 atom stereocenters. The first-order valence-corrected chi connectivity index (χ1v) is 10.3. The van der Waals surface area contributed by atoms with Crippen LogP contribution in [0.1, 0.15) is 53.9 Å². The zero-order chi connectivity index (χ0) is 14.8. The summed E-state index contributed by atoms with van der Waals surface area (Å²) in [6.45, 7) is 13.1. The summed E-state index contributed by atoms with van der Waals surface area (Å²) < 4.78 is 18.0. The van der Waals surface area contributed by atoms with Crippen LogP contribution in [0.4, 0.5) is 0 Å². The van der Waals surface area contributed by atoms with Crippen LogP contribution in [0.5, 0.6) is 0 Å². The zero-order valence-corrected chi connectivity index (χ0v) is 14.9. The van der Waals surface area contributed by atoms with Gasteiger partial charge in [-0.1, -0.05) is 13.8 Å². The van der Waals surface area contributed by atoms with Crippen LogP contribution < -0.4 is 0 Å².